The number of hydrogen-bond donors (Lipinski definition) is 0. The van der Waals surface area contributed by atoms with Gasteiger partial charge in [-0.1, -0.05) is 43.5 Å². The van der Waals surface area contributed by atoms with E-state index in [2.05, 4.69) is 35.8 Å². The third-order valence-electron chi connectivity index (χ3n) is 2.89. The van der Waals surface area contributed by atoms with Crippen LogP contribution in [0, 0.1) is 6.92 Å². The molecule has 3 rings (SSSR count). The van der Waals surface area contributed by atoms with Crippen LogP contribution >= 0.6 is 11.8 Å². The molecule has 0 atom stereocenters. The number of hydrogen-bond acceptors (Lipinski definition) is 4. The molecule has 0 aliphatic carbocycles. The smallest absolute Gasteiger partial charge is 0.191 e. The van der Waals surface area contributed by atoms with Gasteiger partial charge in [0.2, 0.25) is 0 Å². The van der Waals surface area contributed by atoms with Crippen LogP contribution in [0.2, 0.25) is 19.6 Å². The van der Waals surface area contributed by atoms with E-state index >= 15 is 0 Å². The summed E-state index contributed by atoms with van der Waals surface area (Å²) in [7, 11) is -1.13. The highest BCUT2D eigenvalue weighted by Gasteiger charge is 2.17. The first-order chi connectivity index (χ1) is 9.44. The first-order valence-corrected chi connectivity index (χ1v) is 11.4. The molecule has 0 N–H and O–H groups in total. The fourth-order valence-electron chi connectivity index (χ4n) is 2.01. The molecule has 0 unspecified atom stereocenters. The molecule has 0 bridgehead atoms. The van der Waals surface area contributed by atoms with Crippen LogP contribution in [0.3, 0.4) is 0 Å². The standard InChI is InChI=1S/C14H18N4SSi/c1-10-15-13-11-7-5-6-8-12(11)16-14(18(13)17-10)19-9-20(2,3)4/h5-8H,9H2,1-4H3. The summed E-state index contributed by atoms with van der Waals surface area (Å²) in [5.74, 6) is 0.790. The maximum atomic E-state index is 4.77. The molecule has 0 radical (unpaired) electrons. The second-order valence-corrected chi connectivity index (χ2v) is 13.1. The number of rotatable bonds is 3. The molecule has 104 valence electrons. The van der Waals surface area contributed by atoms with Crippen LogP contribution in [-0.2, 0) is 0 Å². The summed E-state index contributed by atoms with van der Waals surface area (Å²) in [6.07, 6.45) is 0. The Morgan fingerprint density at radius 2 is 1.90 bits per heavy atom. The first kappa shape index (κ1) is 13.6. The van der Waals surface area contributed by atoms with Crippen LogP contribution in [-0.4, -0.2) is 33.0 Å². The van der Waals surface area contributed by atoms with Gasteiger partial charge >= 0.3 is 0 Å². The summed E-state index contributed by atoms with van der Waals surface area (Å²) in [5.41, 5.74) is 1.90. The van der Waals surface area contributed by atoms with E-state index in [1.165, 1.54) is 0 Å². The minimum atomic E-state index is -1.13. The highest BCUT2D eigenvalue weighted by Crippen LogP contribution is 2.25. The van der Waals surface area contributed by atoms with Gasteiger partial charge in [0.25, 0.3) is 0 Å². The quantitative estimate of drug-likeness (QED) is 0.421. The summed E-state index contributed by atoms with van der Waals surface area (Å²) >= 11 is 1.80. The van der Waals surface area contributed by atoms with Gasteiger partial charge in [-0.2, -0.15) is 4.52 Å². The Kier molecular flexibility index (Phi) is 3.30. The Bertz CT molecular complexity index is 776. The monoisotopic (exact) mass is 302 g/mol. The second kappa shape index (κ2) is 4.86. The lowest BCUT2D eigenvalue weighted by molar-refractivity contribution is 0.798. The number of thioether (sulfide) groups is 1. The van der Waals surface area contributed by atoms with Gasteiger partial charge < -0.3 is 0 Å². The van der Waals surface area contributed by atoms with Crippen LogP contribution in [0.25, 0.3) is 16.6 Å². The second-order valence-electron chi connectivity index (χ2n) is 6.16. The third-order valence-corrected chi connectivity index (χ3v) is 7.45. The fraction of sp³-hybridized carbons (Fsp3) is 0.357. The molecule has 0 saturated carbocycles. The Morgan fingerprint density at radius 3 is 2.65 bits per heavy atom. The zero-order chi connectivity index (χ0) is 14.3. The topological polar surface area (TPSA) is 43.1 Å². The minimum absolute atomic E-state index is 0.790. The SMILES string of the molecule is Cc1nc2c3ccccc3nc(SC[Si](C)(C)C)n2n1. The molecule has 0 aliphatic rings. The number of nitrogens with zero attached hydrogens (tertiary/aromatic N) is 4. The predicted molar refractivity (Wildman–Crippen MR) is 87.1 cm³/mol. The summed E-state index contributed by atoms with van der Waals surface area (Å²) in [4.78, 5) is 9.32. The van der Waals surface area contributed by atoms with Crippen LogP contribution in [0.1, 0.15) is 5.82 Å². The number of para-hydroxylation sites is 1. The summed E-state index contributed by atoms with van der Waals surface area (Å²) in [5, 5.41) is 7.64. The number of fused-ring (bicyclic) bond motifs is 3. The molecule has 1 aromatic carbocycles. The van der Waals surface area contributed by atoms with Crippen molar-refractivity contribution in [2.75, 3.05) is 5.38 Å². The highest BCUT2D eigenvalue weighted by molar-refractivity contribution is 8.00. The van der Waals surface area contributed by atoms with Gasteiger partial charge in [0.15, 0.2) is 10.8 Å². The molecule has 0 amide bonds. The van der Waals surface area contributed by atoms with E-state index in [1.54, 1.807) is 11.8 Å². The normalized spacial score (nSPS) is 12.4. The highest BCUT2D eigenvalue weighted by atomic mass is 32.2. The average Bonchev–Trinajstić information content (AvgIpc) is 2.77. The molecule has 3 aromatic rings. The van der Waals surface area contributed by atoms with Crippen molar-refractivity contribution >= 4 is 36.4 Å². The van der Waals surface area contributed by atoms with Crippen molar-refractivity contribution in [3.05, 3.63) is 30.1 Å². The first-order valence-electron chi connectivity index (χ1n) is 6.69. The lowest BCUT2D eigenvalue weighted by Crippen LogP contribution is -2.24. The van der Waals surface area contributed by atoms with E-state index in [-0.39, 0.29) is 0 Å². The van der Waals surface area contributed by atoms with Gasteiger partial charge in [0.05, 0.1) is 13.6 Å². The van der Waals surface area contributed by atoms with Gasteiger partial charge in [-0.05, 0) is 24.4 Å². The van der Waals surface area contributed by atoms with Crippen molar-refractivity contribution in [2.45, 2.75) is 31.7 Å². The van der Waals surface area contributed by atoms with E-state index in [0.717, 1.165) is 32.9 Å². The van der Waals surface area contributed by atoms with Crippen molar-refractivity contribution in [2.24, 2.45) is 0 Å². The molecular weight excluding hydrogens is 284 g/mol. The molecule has 0 saturated heterocycles. The molecule has 6 heteroatoms. The summed E-state index contributed by atoms with van der Waals surface area (Å²) in [6.45, 7) is 9.02. The van der Waals surface area contributed by atoms with E-state index in [4.69, 9.17) is 4.98 Å². The molecular formula is C14H18N4SSi. The van der Waals surface area contributed by atoms with E-state index < -0.39 is 8.07 Å². The van der Waals surface area contributed by atoms with Crippen molar-refractivity contribution in [1.29, 1.82) is 0 Å². The summed E-state index contributed by atoms with van der Waals surface area (Å²) in [6, 6.07) is 8.13. The number of benzene rings is 1. The fourth-order valence-corrected chi connectivity index (χ4v) is 4.67. The third kappa shape index (κ3) is 2.58. The van der Waals surface area contributed by atoms with Gasteiger partial charge in [-0.15, -0.1) is 5.10 Å². The van der Waals surface area contributed by atoms with Crippen LogP contribution in [0.4, 0.5) is 0 Å². The molecule has 2 aromatic heterocycles. The zero-order valence-corrected chi connectivity index (χ0v) is 14.0. The Labute approximate surface area is 123 Å². The minimum Gasteiger partial charge on any atom is -0.222 e. The van der Waals surface area contributed by atoms with Crippen molar-refractivity contribution in [1.82, 2.24) is 19.6 Å². The molecule has 4 nitrogen and oxygen atoms in total. The van der Waals surface area contributed by atoms with Crippen LogP contribution in [0.5, 0.6) is 0 Å². The van der Waals surface area contributed by atoms with Crippen LogP contribution in [0.15, 0.2) is 29.4 Å². The predicted octanol–water partition coefficient (Wildman–Crippen LogP) is 3.56. The Hall–Kier alpha value is -1.40. The lowest BCUT2D eigenvalue weighted by Gasteiger charge is -2.14. The van der Waals surface area contributed by atoms with Gasteiger partial charge in [-0.3, -0.25) is 0 Å². The van der Waals surface area contributed by atoms with Gasteiger partial charge in [0, 0.05) is 5.39 Å². The molecule has 2 heterocycles. The van der Waals surface area contributed by atoms with Gasteiger partial charge in [0.1, 0.15) is 5.82 Å². The lowest BCUT2D eigenvalue weighted by atomic mass is 10.2. The molecule has 0 aliphatic heterocycles. The summed E-state index contributed by atoms with van der Waals surface area (Å²) < 4.78 is 1.89. The number of aryl methyl sites for hydroxylation is 1. The van der Waals surface area contributed by atoms with Crippen LogP contribution < -0.4 is 0 Å². The van der Waals surface area contributed by atoms with E-state index in [9.17, 15) is 0 Å². The molecule has 0 spiro atoms. The largest absolute Gasteiger partial charge is 0.222 e. The van der Waals surface area contributed by atoms with E-state index in [1.807, 2.05) is 29.6 Å². The average molecular weight is 302 g/mol. The van der Waals surface area contributed by atoms with Crippen molar-refractivity contribution in [3.8, 4) is 0 Å². The Morgan fingerprint density at radius 1 is 1.15 bits per heavy atom. The van der Waals surface area contributed by atoms with Gasteiger partial charge in [-0.25, -0.2) is 9.97 Å². The van der Waals surface area contributed by atoms with Crippen molar-refractivity contribution < 1.29 is 0 Å². The molecule has 0 fully saturated rings. The molecule has 20 heavy (non-hydrogen) atoms. The maximum Gasteiger partial charge on any atom is 0.191 e. The van der Waals surface area contributed by atoms with E-state index in [0.29, 0.717) is 0 Å². The zero-order valence-electron chi connectivity index (χ0n) is 12.2. The Balaban J connectivity index is 2.18. The number of aromatic nitrogens is 4. The maximum absolute atomic E-state index is 4.77. The van der Waals surface area contributed by atoms with Crippen molar-refractivity contribution in [3.63, 3.8) is 0 Å².